The Morgan fingerprint density at radius 1 is 1.07 bits per heavy atom. The van der Waals surface area contributed by atoms with Gasteiger partial charge in [0, 0.05) is 31.2 Å². The van der Waals surface area contributed by atoms with E-state index in [-0.39, 0.29) is 0 Å². The first-order valence-corrected chi connectivity index (χ1v) is 10.00. The van der Waals surface area contributed by atoms with Gasteiger partial charge in [-0.05, 0) is 29.8 Å². The van der Waals surface area contributed by atoms with Crippen molar-refractivity contribution in [1.82, 2.24) is 28.4 Å². The first-order chi connectivity index (χ1) is 13.4. The molecule has 0 radical (unpaired) electrons. The van der Waals surface area contributed by atoms with Gasteiger partial charge in [-0.1, -0.05) is 23.7 Å². The highest BCUT2D eigenvalue weighted by Crippen LogP contribution is 2.33. The van der Waals surface area contributed by atoms with Gasteiger partial charge < -0.3 is 0 Å². The van der Waals surface area contributed by atoms with Crippen LogP contribution in [0.1, 0.15) is 0 Å². The van der Waals surface area contributed by atoms with Crippen molar-refractivity contribution in [2.45, 2.75) is 0 Å². The van der Waals surface area contributed by atoms with Crippen LogP contribution in [0.2, 0.25) is 5.15 Å². The van der Waals surface area contributed by atoms with Crippen LogP contribution in [-0.2, 0) is 10.2 Å². The summed E-state index contributed by atoms with van der Waals surface area (Å²) in [5, 5.41) is 5.30. The van der Waals surface area contributed by atoms with Crippen LogP contribution in [0, 0.1) is 0 Å². The van der Waals surface area contributed by atoms with Crippen molar-refractivity contribution in [3.63, 3.8) is 0 Å². The molecular weight excluding hydrogens is 400 g/mol. The predicted octanol–water partition coefficient (Wildman–Crippen LogP) is 2.86. The molecule has 0 atom stereocenters. The normalized spacial score (nSPS) is 12.0. The summed E-state index contributed by atoms with van der Waals surface area (Å²) in [6.07, 6.45) is 4.49. The zero-order valence-electron chi connectivity index (χ0n) is 15.0. The van der Waals surface area contributed by atoms with Crippen LogP contribution in [0.4, 0.5) is 0 Å². The molecule has 4 rings (SSSR count). The van der Waals surface area contributed by atoms with Gasteiger partial charge in [-0.25, -0.2) is 9.97 Å². The van der Waals surface area contributed by atoms with Gasteiger partial charge in [0.25, 0.3) is 0 Å². The molecule has 0 bridgehead atoms. The number of pyridine rings is 1. The summed E-state index contributed by atoms with van der Waals surface area (Å²) < 4.78 is 27.2. The van der Waals surface area contributed by atoms with Gasteiger partial charge in [-0.15, -0.1) is 0 Å². The molecule has 1 aromatic carbocycles. The third-order valence-electron chi connectivity index (χ3n) is 4.20. The molecule has 8 nitrogen and oxygen atoms in total. The summed E-state index contributed by atoms with van der Waals surface area (Å²) >= 11 is 6.21. The second-order valence-electron chi connectivity index (χ2n) is 6.17. The SMILES string of the molecule is CN(C)S(=O)(=O)n1cc(-c2ccc3ncnc(Cl)c3c2)c(-c2ccccn2)n1. The molecule has 3 aromatic heterocycles. The quantitative estimate of drug-likeness (QED) is 0.476. The zero-order valence-corrected chi connectivity index (χ0v) is 16.6. The van der Waals surface area contributed by atoms with Gasteiger partial charge in [-0.2, -0.15) is 21.9 Å². The minimum Gasteiger partial charge on any atom is -0.255 e. The monoisotopic (exact) mass is 414 g/mol. The van der Waals surface area contributed by atoms with Gasteiger partial charge in [0.1, 0.15) is 17.2 Å². The fraction of sp³-hybridized carbons (Fsp3) is 0.111. The van der Waals surface area contributed by atoms with E-state index >= 15 is 0 Å². The van der Waals surface area contributed by atoms with Gasteiger partial charge in [0.15, 0.2) is 0 Å². The Kier molecular flexibility index (Phi) is 4.58. The average molecular weight is 415 g/mol. The fourth-order valence-corrected chi connectivity index (χ4v) is 3.69. The van der Waals surface area contributed by atoms with Crippen LogP contribution in [0.25, 0.3) is 33.4 Å². The highest BCUT2D eigenvalue weighted by Gasteiger charge is 2.23. The molecule has 4 aromatic rings. The van der Waals surface area contributed by atoms with Crippen molar-refractivity contribution in [3.8, 4) is 22.5 Å². The highest BCUT2D eigenvalue weighted by atomic mass is 35.5. The third-order valence-corrected chi connectivity index (χ3v) is 6.08. The van der Waals surface area contributed by atoms with E-state index in [1.807, 2.05) is 18.2 Å². The molecule has 0 unspecified atom stereocenters. The van der Waals surface area contributed by atoms with E-state index in [2.05, 4.69) is 20.1 Å². The molecular formula is C18H15ClN6O2S. The second kappa shape index (κ2) is 6.93. The Balaban J connectivity index is 1.98. The Bertz CT molecular complexity index is 1270. The number of nitrogens with zero attached hydrogens (tertiary/aromatic N) is 6. The molecule has 28 heavy (non-hydrogen) atoms. The van der Waals surface area contributed by atoms with Crippen LogP contribution in [0.3, 0.4) is 0 Å². The molecule has 0 aliphatic carbocycles. The Morgan fingerprint density at radius 2 is 1.89 bits per heavy atom. The Hall–Kier alpha value is -2.88. The average Bonchev–Trinajstić information content (AvgIpc) is 3.15. The summed E-state index contributed by atoms with van der Waals surface area (Å²) in [6, 6.07) is 10.8. The standard InChI is InChI=1S/C18H15ClN6O2S/c1-24(2)28(26,27)25-10-14(17(23-25)16-5-3-4-8-20-16)12-6-7-15-13(9-12)18(19)22-11-21-15/h3-11H,1-2H3. The Labute approximate surface area is 166 Å². The van der Waals surface area contributed by atoms with Crippen LogP contribution >= 0.6 is 11.6 Å². The lowest BCUT2D eigenvalue weighted by Gasteiger charge is -2.10. The van der Waals surface area contributed by atoms with Crippen molar-refractivity contribution >= 4 is 32.7 Å². The zero-order chi connectivity index (χ0) is 19.9. The van der Waals surface area contributed by atoms with Gasteiger partial charge in [-0.3, -0.25) is 4.98 Å². The summed E-state index contributed by atoms with van der Waals surface area (Å²) in [6.45, 7) is 0. The van der Waals surface area contributed by atoms with Crippen LogP contribution < -0.4 is 0 Å². The molecule has 0 saturated heterocycles. The molecule has 0 saturated carbocycles. The number of rotatable bonds is 4. The number of halogens is 1. The molecule has 3 heterocycles. The fourth-order valence-electron chi connectivity index (χ4n) is 2.73. The van der Waals surface area contributed by atoms with Crippen LogP contribution in [-0.4, -0.2) is 51.0 Å². The van der Waals surface area contributed by atoms with E-state index in [0.29, 0.717) is 33.0 Å². The van der Waals surface area contributed by atoms with E-state index < -0.39 is 10.2 Å². The van der Waals surface area contributed by atoms with E-state index in [1.165, 1.54) is 26.6 Å². The minimum absolute atomic E-state index is 0.319. The maximum absolute atomic E-state index is 12.6. The van der Waals surface area contributed by atoms with E-state index in [1.54, 1.807) is 24.4 Å². The summed E-state index contributed by atoms with van der Waals surface area (Å²) in [7, 11) is -0.888. The minimum atomic E-state index is -3.78. The first kappa shape index (κ1) is 18.5. The first-order valence-electron chi connectivity index (χ1n) is 8.22. The molecule has 0 fully saturated rings. The summed E-state index contributed by atoms with van der Waals surface area (Å²) in [5.41, 5.74) is 3.02. The highest BCUT2D eigenvalue weighted by molar-refractivity contribution is 7.87. The van der Waals surface area contributed by atoms with Gasteiger partial charge in [0.2, 0.25) is 0 Å². The molecule has 0 amide bonds. The van der Waals surface area contributed by atoms with E-state index in [0.717, 1.165) is 14.0 Å². The maximum atomic E-state index is 12.6. The van der Waals surface area contributed by atoms with E-state index in [9.17, 15) is 8.42 Å². The van der Waals surface area contributed by atoms with Crippen molar-refractivity contribution in [2.24, 2.45) is 0 Å². The lowest BCUT2D eigenvalue weighted by Crippen LogP contribution is -2.29. The summed E-state index contributed by atoms with van der Waals surface area (Å²) in [4.78, 5) is 12.5. The van der Waals surface area contributed by atoms with Crippen LogP contribution in [0.15, 0.2) is 55.1 Å². The smallest absolute Gasteiger partial charge is 0.255 e. The third kappa shape index (κ3) is 3.13. The maximum Gasteiger partial charge on any atom is 0.322 e. The van der Waals surface area contributed by atoms with E-state index in [4.69, 9.17) is 11.6 Å². The van der Waals surface area contributed by atoms with Crippen LogP contribution in [0.5, 0.6) is 0 Å². The van der Waals surface area contributed by atoms with Crippen molar-refractivity contribution < 1.29 is 8.42 Å². The van der Waals surface area contributed by atoms with Crippen molar-refractivity contribution in [2.75, 3.05) is 14.1 Å². The second-order valence-corrected chi connectivity index (χ2v) is 8.52. The number of benzene rings is 1. The molecule has 0 aliphatic rings. The summed E-state index contributed by atoms with van der Waals surface area (Å²) in [5.74, 6) is 0. The number of fused-ring (bicyclic) bond motifs is 1. The molecule has 0 N–H and O–H groups in total. The lowest BCUT2D eigenvalue weighted by atomic mass is 10.0. The van der Waals surface area contributed by atoms with Gasteiger partial charge in [0.05, 0.1) is 17.4 Å². The predicted molar refractivity (Wildman–Crippen MR) is 107 cm³/mol. The number of hydrogen-bond donors (Lipinski definition) is 0. The van der Waals surface area contributed by atoms with Crippen molar-refractivity contribution in [1.29, 1.82) is 0 Å². The molecule has 10 heteroatoms. The molecule has 0 aliphatic heterocycles. The topological polar surface area (TPSA) is 93.9 Å². The van der Waals surface area contributed by atoms with Gasteiger partial charge >= 0.3 is 10.2 Å². The van der Waals surface area contributed by atoms with Crippen molar-refractivity contribution in [3.05, 3.63) is 60.3 Å². The largest absolute Gasteiger partial charge is 0.322 e. The number of aromatic nitrogens is 5. The molecule has 142 valence electrons. The lowest BCUT2D eigenvalue weighted by molar-refractivity contribution is 0.504. The molecule has 0 spiro atoms. The number of hydrogen-bond acceptors (Lipinski definition) is 6. The Morgan fingerprint density at radius 3 is 2.61 bits per heavy atom.